The second-order valence-electron chi connectivity index (χ2n) is 5.59. The molecule has 3 rings (SSSR count). The van der Waals surface area contributed by atoms with Gasteiger partial charge in [0.25, 0.3) is 0 Å². The molecule has 0 spiro atoms. The Morgan fingerprint density at radius 2 is 2.00 bits per heavy atom. The standard InChI is InChI=1S/C12H15NO3S.C4H7N3S/c1-10(14)12-8-5-9-13(12)17(15,16)11-6-3-2-4-7-11;1-2-3-6-7-4(5)8-3/h2-4,6-7,12H,5,8-9H2,1H3;2H2,1H3,(H2,5,7). The minimum Gasteiger partial charge on any atom is -0.374 e. The van der Waals surface area contributed by atoms with Gasteiger partial charge in [-0.15, -0.1) is 10.2 Å². The van der Waals surface area contributed by atoms with E-state index in [1.54, 1.807) is 30.3 Å². The Morgan fingerprint density at radius 1 is 1.32 bits per heavy atom. The van der Waals surface area contributed by atoms with Crippen LogP contribution in [0, 0.1) is 0 Å². The van der Waals surface area contributed by atoms with Crippen molar-refractivity contribution >= 4 is 32.3 Å². The lowest BCUT2D eigenvalue weighted by molar-refractivity contribution is -0.119. The zero-order chi connectivity index (χ0) is 18.4. The first-order valence-electron chi connectivity index (χ1n) is 8.01. The number of ketones is 1. The summed E-state index contributed by atoms with van der Waals surface area (Å²) in [7, 11) is -3.52. The number of carbonyl (C=O) groups excluding carboxylic acids is 1. The van der Waals surface area contributed by atoms with Crippen LogP contribution in [0.4, 0.5) is 5.13 Å². The quantitative estimate of drug-likeness (QED) is 0.868. The number of aryl methyl sites for hydroxylation is 1. The molecule has 0 aliphatic carbocycles. The lowest BCUT2D eigenvalue weighted by atomic mass is 10.2. The largest absolute Gasteiger partial charge is 0.374 e. The van der Waals surface area contributed by atoms with Crippen molar-refractivity contribution in [2.24, 2.45) is 0 Å². The molecule has 2 heterocycles. The minimum absolute atomic E-state index is 0.0815. The van der Waals surface area contributed by atoms with E-state index in [0.717, 1.165) is 17.8 Å². The summed E-state index contributed by atoms with van der Waals surface area (Å²) < 4.78 is 26.0. The van der Waals surface area contributed by atoms with E-state index >= 15 is 0 Å². The van der Waals surface area contributed by atoms with Gasteiger partial charge in [-0.25, -0.2) is 8.42 Å². The maximum absolute atomic E-state index is 12.3. The van der Waals surface area contributed by atoms with Crippen LogP contribution in [0.1, 0.15) is 31.7 Å². The molecule has 1 fully saturated rings. The van der Waals surface area contributed by atoms with E-state index in [9.17, 15) is 13.2 Å². The summed E-state index contributed by atoms with van der Waals surface area (Å²) in [6.07, 6.45) is 2.30. The third-order valence-electron chi connectivity index (χ3n) is 3.81. The van der Waals surface area contributed by atoms with Gasteiger partial charge in [0, 0.05) is 6.54 Å². The van der Waals surface area contributed by atoms with Crippen molar-refractivity contribution in [1.82, 2.24) is 14.5 Å². The van der Waals surface area contributed by atoms with E-state index in [1.807, 2.05) is 6.92 Å². The summed E-state index contributed by atoms with van der Waals surface area (Å²) in [6.45, 7) is 3.91. The Bertz CT molecular complexity index is 806. The average molecular weight is 383 g/mol. The number of nitrogens with two attached hydrogens (primary N) is 1. The first-order valence-corrected chi connectivity index (χ1v) is 10.3. The predicted octanol–water partition coefficient (Wildman–Crippen LogP) is 2.11. The van der Waals surface area contributed by atoms with Crippen molar-refractivity contribution in [2.45, 2.75) is 44.0 Å². The molecule has 9 heteroatoms. The first kappa shape index (κ1) is 19.5. The molecule has 0 amide bonds. The molecule has 1 aromatic heterocycles. The number of rotatable bonds is 4. The monoisotopic (exact) mass is 382 g/mol. The van der Waals surface area contributed by atoms with Crippen LogP contribution < -0.4 is 5.73 Å². The van der Waals surface area contributed by atoms with Crippen LogP contribution in [0.3, 0.4) is 0 Å². The summed E-state index contributed by atoms with van der Waals surface area (Å²) in [5.41, 5.74) is 5.30. The average Bonchev–Trinajstić information content (AvgIpc) is 3.25. The van der Waals surface area contributed by atoms with Crippen LogP contribution in [0.15, 0.2) is 35.2 Å². The fourth-order valence-corrected chi connectivity index (χ4v) is 4.85. The number of hydrogen-bond acceptors (Lipinski definition) is 7. The molecule has 7 nitrogen and oxygen atoms in total. The second kappa shape index (κ2) is 8.50. The lowest BCUT2D eigenvalue weighted by Crippen LogP contribution is -2.39. The molecule has 1 atom stereocenters. The van der Waals surface area contributed by atoms with Crippen molar-refractivity contribution in [3.05, 3.63) is 35.3 Å². The van der Waals surface area contributed by atoms with E-state index in [-0.39, 0.29) is 10.7 Å². The molecule has 1 aliphatic rings. The summed E-state index contributed by atoms with van der Waals surface area (Å²) in [4.78, 5) is 11.7. The van der Waals surface area contributed by atoms with Crippen molar-refractivity contribution in [3.8, 4) is 0 Å². The Kier molecular flexibility index (Phi) is 6.63. The Morgan fingerprint density at radius 3 is 2.48 bits per heavy atom. The minimum atomic E-state index is -3.52. The van der Waals surface area contributed by atoms with Crippen LogP contribution in [-0.4, -0.2) is 41.3 Å². The zero-order valence-electron chi connectivity index (χ0n) is 14.3. The fraction of sp³-hybridized carbons (Fsp3) is 0.438. The van der Waals surface area contributed by atoms with Gasteiger partial charge in [0.05, 0.1) is 10.9 Å². The third-order valence-corrected chi connectivity index (χ3v) is 6.63. The van der Waals surface area contributed by atoms with Gasteiger partial charge in [-0.05, 0) is 38.3 Å². The fourth-order valence-electron chi connectivity index (χ4n) is 2.57. The van der Waals surface area contributed by atoms with Gasteiger partial charge in [-0.2, -0.15) is 4.31 Å². The van der Waals surface area contributed by atoms with Gasteiger partial charge in [0.1, 0.15) is 10.8 Å². The van der Waals surface area contributed by atoms with E-state index in [0.29, 0.717) is 18.1 Å². The number of nitrogen functional groups attached to an aromatic ring is 1. The molecule has 25 heavy (non-hydrogen) atoms. The number of nitrogens with zero attached hydrogens (tertiary/aromatic N) is 3. The van der Waals surface area contributed by atoms with Crippen LogP contribution >= 0.6 is 11.3 Å². The van der Waals surface area contributed by atoms with E-state index < -0.39 is 16.1 Å². The van der Waals surface area contributed by atoms with Crippen LogP contribution in [0.2, 0.25) is 0 Å². The van der Waals surface area contributed by atoms with Gasteiger partial charge in [-0.1, -0.05) is 36.5 Å². The highest BCUT2D eigenvalue weighted by atomic mass is 32.2. The molecule has 2 aromatic rings. The Labute approximate surface area is 151 Å². The van der Waals surface area contributed by atoms with Gasteiger partial charge in [0.2, 0.25) is 15.2 Å². The molecule has 136 valence electrons. The van der Waals surface area contributed by atoms with Crippen LogP contribution in [0.5, 0.6) is 0 Å². The summed E-state index contributed by atoms with van der Waals surface area (Å²) >= 11 is 1.44. The van der Waals surface area contributed by atoms with Crippen molar-refractivity contribution in [2.75, 3.05) is 12.3 Å². The number of aromatic nitrogens is 2. The highest BCUT2D eigenvalue weighted by Crippen LogP contribution is 2.26. The van der Waals surface area contributed by atoms with Crippen molar-refractivity contribution < 1.29 is 13.2 Å². The SMILES string of the molecule is CC(=O)C1CCCN1S(=O)(=O)c1ccccc1.CCc1nnc(N)s1. The summed E-state index contributed by atoms with van der Waals surface area (Å²) in [5, 5.41) is 8.97. The summed E-state index contributed by atoms with van der Waals surface area (Å²) in [5.74, 6) is -0.0815. The predicted molar refractivity (Wildman–Crippen MR) is 97.7 cm³/mol. The molecular weight excluding hydrogens is 360 g/mol. The number of sulfonamides is 1. The van der Waals surface area contributed by atoms with Crippen LogP contribution in [0.25, 0.3) is 0 Å². The van der Waals surface area contributed by atoms with E-state index in [2.05, 4.69) is 10.2 Å². The first-order chi connectivity index (χ1) is 11.9. The zero-order valence-corrected chi connectivity index (χ0v) is 15.9. The van der Waals surface area contributed by atoms with E-state index in [1.165, 1.54) is 22.6 Å². The van der Waals surface area contributed by atoms with Gasteiger partial charge >= 0.3 is 0 Å². The molecule has 1 unspecified atom stereocenters. The molecule has 0 saturated carbocycles. The number of hydrogen-bond donors (Lipinski definition) is 1. The normalized spacial score (nSPS) is 17.8. The lowest BCUT2D eigenvalue weighted by Gasteiger charge is -2.21. The topological polar surface area (TPSA) is 106 Å². The number of benzene rings is 1. The number of anilines is 1. The van der Waals surface area contributed by atoms with E-state index in [4.69, 9.17) is 5.73 Å². The number of carbonyl (C=O) groups is 1. The third kappa shape index (κ3) is 4.83. The molecule has 0 radical (unpaired) electrons. The number of Topliss-reactive ketones (excluding diaryl/α,β-unsaturated/α-hetero) is 1. The molecule has 1 saturated heterocycles. The highest BCUT2D eigenvalue weighted by molar-refractivity contribution is 7.89. The van der Waals surface area contributed by atoms with Gasteiger partial charge in [-0.3, -0.25) is 4.79 Å². The van der Waals surface area contributed by atoms with Gasteiger partial charge in [0.15, 0.2) is 0 Å². The smallest absolute Gasteiger partial charge is 0.243 e. The molecule has 2 N–H and O–H groups in total. The maximum atomic E-state index is 12.3. The molecule has 1 aliphatic heterocycles. The van der Waals surface area contributed by atoms with Crippen LogP contribution in [-0.2, 0) is 21.2 Å². The summed E-state index contributed by atoms with van der Waals surface area (Å²) in [6, 6.07) is 7.78. The maximum Gasteiger partial charge on any atom is 0.243 e. The molecule has 1 aromatic carbocycles. The molecular formula is C16H22N4O3S2. The van der Waals surface area contributed by atoms with Gasteiger partial charge < -0.3 is 5.73 Å². The van der Waals surface area contributed by atoms with Crippen molar-refractivity contribution in [1.29, 1.82) is 0 Å². The Balaban J connectivity index is 0.000000236. The second-order valence-corrected chi connectivity index (χ2v) is 8.57. The van der Waals surface area contributed by atoms with Crippen molar-refractivity contribution in [3.63, 3.8) is 0 Å². The molecule has 0 bridgehead atoms. The highest BCUT2D eigenvalue weighted by Gasteiger charge is 2.37. The Hall–Kier alpha value is -1.84.